The fourth-order valence-electron chi connectivity index (χ4n) is 5.04. The monoisotopic (exact) mass is 439 g/mol. The number of hydrogen-bond acceptors (Lipinski definition) is 2. The van der Waals surface area contributed by atoms with E-state index in [4.69, 9.17) is 4.43 Å². The largest absolute Gasteiger partial charge is 0.408 e. The van der Waals surface area contributed by atoms with Crippen LogP contribution in [0.1, 0.15) is 45.4 Å². The number of aromatic nitrogens is 1. The molecule has 3 nitrogen and oxygen atoms in total. The number of fused-ring (bicyclic) bond motifs is 4. The normalized spacial score (nSPS) is 23.0. The van der Waals surface area contributed by atoms with Crippen LogP contribution in [0.25, 0.3) is 10.9 Å². The Labute approximate surface area is 183 Å². The Kier molecular flexibility index (Phi) is 5.11. The number of nitrogens with zero attached hydrogens (tertiary/aromatic N) is 1. The molecule has 1 aromatic heterocycles. The van der Waals surface area contributed by atoms with Crippen LogP contribution in [0.5, 0.6) is 0 Å². The molecule has 4 rings (SSSR count). The average molecular weight is 440 g/mol. The lowest BCUT2D eigenvalue weighted by Crippen LogP contribution is -2.42. The third kappa shape index (κ3) is 3.59. The number of allylic oxidation sites excluding steroid dienone is 1. The smallest absolute Gasteiger partial charge is 0.193 e. The van der Waals surface area contributed by atoms with Gasteiger partial charge in [0.15, 0.2) is 14.1 Å². The second-order valence-electron chi connectivity index (χ2n) is 11.8. The number of Topliss-reactive ketones (excluding diaryl/α,β-unsaturated/α-hetero) is 1. The summed E-state index contributed by atoms with van der Waals surface area (Å²) in [5.41, 5.74) is 3.98. The lowest BCUT2D eigenvalue weighted by Gasteiger charge is -2.39. The summed E-state index contributed by atoms with van der Waals surface area (Å²) in [7, 11) is -3.67. The van der Waals surface area contributed by atoms with E-state index in [9.17, 15) is 4.79 Å². The number of para-hydroxylation sites is 1. The summed E-state index contributed by atoms with van der Waals surface area (Å²) in [5, 5.41) is 2.63. The Balaban J connectivity index is 1.88. The van der Waals surface area contributed by atoms with E-state index in [1.54, 1.807) is 0 Å². The summed E-state index contributed by atoms with van der Waals surface area (Å²) in [5.74, 6) is 0.724. The molecule has 0 radical (unpaired) electrons. The molecule has 1 aliphatic carbocycles. The highest BCUT2D eigenvalue weighted by Gasteiger charge is 2.45. The van der Waals surface area contributed by atoms with E-state index in [0.717, 1.165) is 13.0 Å². The zero-order valence-corrected chi connectivity index (χ0v) is 21.9. The molecule has 0 N–H and O–H groups in total. The van der Waals surface area contributed by atoms with Crippen molar-refractivity contribution >= 4 is 33.1 Å². The Hall–Kier alpha value is -1.44. The quantitative estimate of drug-likeness (QED) is 0.489. The summed E-state index contributed by atoms with van der Waals surface area (Å²) in [6.45, 7) is 19.5. The molecule has 2 aliphatic rings. The molecule has 0 spiro atoms. The van der Waals surface area contributed by atoms with Crippen molar-refractivity contribution in [2.45, 2.75) is 84.0 Å². The molecule has 1 aromatic carbocycles. The molecule has 30 heavy (non-hydrogen) atoms. The maximum atomic E-state index is 13.1. The van der Waals surface area contributed by atoms with Gasteiger partial charge >= 0.3 is 0 Å². The van der Waals surface area contributed by atoms with Crippen LogP contribution in [0.2, 0.25) is 37.8 Å². The topological polar surface area (TPSA) is 31.2 Å². The zero-order valence-electron chi connectivity index (χ0n) is 19.9. The number of hydrogen-bond donors (Lipinski definition) is 0. The molecule has 2 aromatic rings. The van der Waals surface area contributed by atoms with Crippen molar-refractivity contribution in [3.8, 4) is 0 Å². The fourth-order valence-corrected chi connectivity index (χ4v) is 8.51. The van der Waals surface area contributed by atoms with Gasteiger partial charge in [0.05, 0.1) is 14.2 Å². The lowest BCUT2D eigenvalue weighted by molar-refractivity contribution is -0.114. The molecular weight excluding hydrogens is 402 g/mol. The van der Waals surface area contributed by atoms with E-state index >= 15 is 0 Å². The molecule has 0 saturated carbocycles. The zero-order chi connectivity index (χ0) is 22.1. The van der Waals surface area contributed by atoms with Crippen molar-refractivity contribution in [2.75, 3.05) is 0 Å². The molecule has 162 valence electrons. The minimum atomic E-state index is -1.97. The van der Waals surface area contributed by atoms with Crippen LogP contribution in [0.4, 0.5) is 0 Å². The Morgan fingerprint density at radius 2 is 1.70 bits per heavy atom. The van der Waals surface area contributed by atoms with Gasteiger partial charge in [0, 0.05) is 30.1 Å². The van der Waals surface area contributed by atoms with Gasteiger partial charge in [-0.2, -0.15) is 0 Å². The van der Waals surface area contributed by atoms with Gasteiger partial charge < -0.3 is 8.99 Å². The Morgan fingerprint density at radius 1 is 1.03 bits per heavy atom. The molecule has 0 saturated heterocycles. The van der Waals surface area contributed by atoms with E-state index < -0.39 is 16.4 Å². The molecule has 2 atom stereocenters. The molecule has 2 unspecified atom stereocenters. The minimum Gasteiger partial charge on any atom is -0.408 e. The van der Waals surface area contributed by atoms with Crippen molar-refractivity contribution in [3.05, 3.63) is 46.8 Å². The summed E-state index contributed by atoms with van der Waals surface area (Å²) >= 11 is 0. The maximum Gasteiger partial charge on any atom is 0.193 e. The van der Waals surface area contributed by atoms with Gasteiger partial charge in [0.25, 0.3) is 0 Å². The number of benzene rings is 1. The standard InChI is InChI=1S/C25H37NO2Si2/c1-25(2,3)30(7,8)28-23-15-19-18(14-22(27)24(19)29(4,5)6)16-26-20-12-10-9-11-17(20)13-21(23)26/h9-13,18,23H,14-16H2,1-8H3. The van der Waals surface area contributed by atoms with Gasteiger partial charge in [0.2, 0.25) is 0 Å². The van der Waals surface area contributed by atoms with Crippen molar-refractivity contribution < 1.29 is 9.22 Å². The van der Waals surface area contributed by atoms with Crippen molar-refractivity contribution in [3.63, 3.8) is 0 Å². The van der Waals surface area contributed by atoms with Gasteiger partial charge in [-0.1, -0.05) is 64.2 Å². The average Bonchev–Trinajstić information content (AvgIpc) is 3.07. The number of carbonyl (C=O) groups excluding carboxylic acids is 1. The van der Waals surface area contributed by atoms with Crippen molar-refractivity contribution in [2.24, 2.45) is 5.92 Å². The van der Waals surface area contributed by atoms with Crippen LogP contribution in [0, 0.1) is 5.92 Å². The first-order chi connectivity index (χ1) is 13.8. The number of ketones is 1. The van der Waals surface area contributed by atoms with E-state index in [1.165, 1.54) is 27.4 Å². The van der Waals surface area contributed by atoms with E-state index in [0.29, 0.717) is 18.1 Å². The van der Waals surface area contributed by atoms with Gasteiger partial charge in [-0.05, 0) is 47.3 Å². The molecule has 1 aliphatic heterocycles. The van der Waals surface area contributed by atoms with Crippen molar-refractivity contribution in [1.29, 1.82) is 0 Å². The van der Waals surface area contributed by atoms with E-state index in [2.05, 4.69) is 88.4 Å². The molecule has 0 bridgehead atoms. The van der Waals surface area contributed by atoms with Crippen molar-refractivity contribution in [1.82, 2.24) is 4.57 Å². The molecule has 2 heterocycles. The predicted molar refractivity (Wildman–Crippen MR) is 131 cm³/mol. The van der Waals surface area contributed by atoms with Crippen LogP contribution in [-0.4, -0.2) is 26.7 Å². The SMILES string of the molecule is CC(C)(C)[Si](C)(C)OC1CC2=C([Si](C)(C)C)C(=O)CC2Cn2c1cc1ccccc12. The summed E-state index contributed by atoms with van der Waals surface area (Å²) in [4.78, 5) is 13.1. The minimum absolute atomic E-state index is 0.0236. The van der Waals surface area contributed by atoms with E-state index in [1.807, 2.05) is 0 Å². The first-order valence-electron chi connectivity index (χ1n) is 11.3. The Bertz CT molecular complexity index is 1030. The molecule has 0 fully saturated rings. The second kappa shape index (κ2) is 7.04. The Morgan fingerprint density at radius 3 is 2.33 bits per heavy atom. The molecule has 5 heteroatoms. The first-order valence-corrected chi connectivity index (χ1v) is 17.7. The van der Waals surface area contributed by atoms with Crippen LogP contribution in [-0.2, 0) is 15.8 Å². The van der Waals surface area contributed by atoms with Crippen LogP contribution >= 0.6 is 0 Å². The lowest BCUT2D eigenvalue weighted by atomic mass is 9.97. The summed E-state index contributed by atoms with van der Waals surface area (Å²) < 4.78 is 9.54. The highest BCUT2D eigenvalue weighted by atomic mass is 28.4. The van der Waals surface area contributed by atoms with Gasteiger partial charge in [-0.15, -0.1) is 0 Å². The third-order valence-electron chi connectivity index (χ3n) is 7.50. The highest BCUT2D eigenvalue weighted by Crippen LogP contribution is 2.48. The molecular formula is C25H37NO2Si2. The van der Waals surface area contributed by atoms with E-state index in [-0.39, 0.29) is 11.1 Å². The highest BCUT2D eigenvalue weighted by molar-refractivity contribution is 6.87. The summed E-state index contributed by atoms with van der Waals surface area (Å²) in [6.07, 6.45) is 1.57. The first kappa shape index (κ1) is 21.8. The molecule has 0 amide bonds. The van der Waals surface area contributed by atoms with Crippen LogP contribution < -0.4 is 0 Å². The van der Waals surface area contributed by atoms with Gasteiger partial charge in [-0.25, -0.2) is 0 Å². The van der Waals surface area contributed by atoms with Gasteiger partial charge in [-0.3, -0.25) is 4.79 Å². The van der Waals surface area contributed by atoms with Crippen LogP contribution in [0.3, 0.4) is 0 Å². The van der Waals surface area contributed by atoms with Gasteiger partial charge in [0.1, 0.15) is 0 Å². The number of rotatable bonds is 3. The van der Waals surface area contributed by atoms with Crippen LogP contribution in [0.15, 0.2) is 41.1 Å². The number of carbonyl (C=O) groups is 1. The fraction of sp³-hybridized carbons (Fsp3) is 0.560. The summed E-state index contributed by atoms with van der Waals surface area (Å²) in [6, 6.07) is 11.0. The predicted octanol–water partition coefficient (Wildman–Crippen LogP) is 6.87. The third-order valence-corrected chi connectivity index (χ3v) is 14.1. The second-order valence-corrected chi connectivity index (χ2v) is 21.5. The maximum absolute atomic E-state index is 13.1.